The van der Waals surface area contributed by atoms with Gasteiger partial charge in [0.25, 0.3) is 0 Å². The molecule has 0 aliphatic heterocycles. The lowest BCUT2D eigenvalue weighted by Gasteiger charge is -2.20. The average Bonchev–Trinajstić information content (AvgIpc) is 3.40. The largest absolute Gasteiger partial charge is 0.489 e. The summed E-state index contributed by atoms with van der Waals surface area (Å²) in [5.74, 6) is 0.325. The number of halogens is 1. The summed E-state index contributed by atoms with van der Waals surface area (Å²) in [6.45, 7) is 0.691. The summed E-state index contributed by atoms with van der Waals surface area (Å²) in [6, 6.07) is 15.3. The van der Waals surface area contributed by atoms with Gasteiger partial charge in [0, 0.05) is 17.4 Å². The highest BCUT2D eigenvalue weighted by molar-refractivity contribution is 6.30. The van der Waals surface area contributed by atoms with E-state index in [0.29, 0.717) is 6.54 Å². The number of hydrogen-bond acceptors (Lipinski definition) is 4. The van der Waals surface area contributed by atoms with Crippen molar-refractivity contribution in [2.75, 3.05) is 0 Å². The van der Waals surface area contributed by atoms with E-state index in [4.69, 9.17) is 20.8 Å². The fourth-order valence-electron chi connectivity index (χ4n) is 3.13. The van der Waals surface area contributed by atoms with E-state index in [9.17, 15) is 4.79 Å². The lowest BCUT2D eigenvalue weighted by atomic mass is 10.1. The van der Waals surface area contributed by atoms with Crippen molar-refractivity contribution in [3.05, 3.63) is 101 Å². The van der Waals surface area contributed by atoms with Crippen molar-refractivity contribution in [2.24, 2.45) is 0 Å². The van der Waals surface area contributed by atoms with Crippen molar-refractivity contribution in [1.29, 1.82) is 0 Å². The molecule has 0 amide bonds. The van der Waals surface area contributed by atoms with Gasteiger partial charge in [-0.15, -0.1) is 0 Å². The minimum absolute atomic E-state index is 0.0395. The van der Waals surface area contributed by atoms with Gasteiger partial charge in [-0.2, -0.15) is 0 Å². The monoisotopic (exact) mass is 409 g/mol. The van der Waals surface area contributed by atoms with Crippen LogP contribution < -0.4 is 10.5 Å². The molecular formula is C22H20ClN3O3. The minimum atomic E-state index is -0.417. The maximum absolute atomic E-state index is 11.6. The number of benzene rings is 2. The van der Waals surface area contributed by atoms with Crippen LogP contribution in [0.3, 0.4) is 0 Å². The first-order chi connectivity index (χ1) is 14.2. The Balaban J connectivity index is 1.46. The van der Waals surface area contributed by atoms with E-state index >= 15 is 0 Å². The summed E-state index contributed by atoms with van der Waals surface area (Å²) in [7, 11) is 0. The highest BCUT2D eigenvalue weighted by Crippen LogP contribution is 2.19. The van der Waals surface area contributed by atoms with Crippen LogP contribution in [0.2, 0.25) is 5.02 Å². The second-order valence-corrected chi connectivity index (χ2v) is 7.13. The number of nitrogens with zero attached hydrogens (tertiary/aromatic N) is 3. The van der Waals surface area contributed by atoms with Crippen molar-refractivity contribution in [3.63, 3.8) is 0 Å². The van der Waals surface area contributed by atoms with Crippen molar-refractivity contribution in [1.82, 2.24) is 14.1 Å². The second-order valence-electron chi connectivity index (χ2n) is 6.70. The van der Waals surface area contributed by atoms with Crippen LogP contribution in [-0.2, 0) is 13.0 Å². The van der Waals surface area contributed by atoms with Crippen LogP contribution in [-0.4, -0.2) is 20.2 Å². The third kappa shape index (κ3) is 4.97. The SMILES string of the molecule is O=c1occn1-c1ccc(OC(CCc2ccc(Cl)cc2)Cn2ccnc2)cc1. The first-order valence-electron chi connectivity index (χ1n) is 9.31. The summed E-state index contributed by atoms with van der Waals surface area (Å²) in [5, 5.41) is 0.733. The van der Waals surface area contributed by atoms with Gasteiger partial charge in [0.2, 0.25) is 0 Å². The third-order valence-corrected chi connectivity index (χ3v) is 4.89. The third-order valence-electron chi connectivity index (χ3n) is 4.64. The number of rotatable bonds is 8. The Kier molecular flexibility index (Phi) is 5.81. The van der Waals surface area contributed by atoms with E-state index in [0.717, 1.165) is 29.3 Å². The molecule has 1 atom stereocenters. The molecule has 148 valence electrons. The summed E-state index contributed by atoms with van der Waals surface area (Å²) in [4.78, 5) is 15.8. The molecule has 7 heteroatoms. The topological polar surface area (TPSA) is 62.2 Å². The van der Waals surface area contributed by atoms with Gasteiger partial charge in [-0.25, -0.2) is 14.3 Å². The quantitative estimate of drug-likeness (QED) is 0.433. The average molecular weight is 410 g/mol. The Morgan fingerprint density at radius 2 is 1.86 bits per heavy atom. The molecule has 1 unspecified atom stereocenters. The maximum atomic E-state index is 11.6. The number of hydrogen-bond donors (Lipinski definition) is 0. The van der Waals surface area contributed by atoms with E-state index in [1.807, 2.05) is 59.3 Å². The molecular weight excluding hydrogens is 390 g/mol. The first-order valence-corrected chi connectivity index (χ1v) is 9.68. The Morgan fingerprint density at radius 3 is 2.52 bits per heavy atom. The normalized spacial score (nSPS) is 12.0. The number of aryl methyl sites for hydroxylation is 1. The van der Waals surface area contributed by atoms with Crippen LogP contribution in [0.5, 0.6) is 5.75 Å². The fraction of sp³-hybridized carbons (Fsp3) is 0.182. The Morgan fingerprint density at radius 1 is 1.07 bits per heavy atom. The van der Waals surface area contributed by atoms with E-state index in [2.05, 4.69) is 4.98 Å². The number of imidazole rings is 1. The van der Waals surface area contributed by atoms with Crippen molar-refractivity contribution < 1.29 is 9.15 Å². The molecule has 0 aliphatic rings. The summed E-state index contributed by atoms with van der Waals surface area (Å²) < 4.78 is 14.5. The zero-order valence-electron chi connectivity index (χ0n) is 15.6. The zero-order chi connectivity index (χ0) is 20.1. The van der Waals surface area contributed by atoms with Gasteiger partial charge < -0.3 is 13.7 Å². The van der Waals surface area contributed by atoms with Gasteiger partial charge in [-0.05, 0) is 54.8 Å². The second kappa shape index (κ2) is 8.84. The van der Waals surface area contributed by atoms with Gasteiger partial charge in [0.15, 0.2) is 0 Å². The van der Waals surface area contributed by atoms with Gasteiger partial charge in [-0.1, -0.05) is 23.7 Å². The first kappa shape index (κ1) is 19.1. The molecule has 6 nitrogen and oxygen atoms in total. The predicted molar refractivity (Wildman–Crippen MR) is 111 cm³/mol. The molecule has 0 radical (unpaired) electrons. The lowest BCUT2D eigenvalue weighted by Crippen LogP contribution is -2.23. The van der Waals surface area contributed by atoms with Crippen LogP contribution in [0.25, 0.3) is 5.69 Å². The van der Waals surface area contributed by atoms with Crippen molar-refractivity contribution >= 4 is 11.6 Å². The molecule has 0 spiro atoms. The van der Waals surface area contributed by atoms with E-state index in [1.54, 1.807) is 18.7 Å². The molecule has 0 saturated carbocycles. The van der Waals surface area contributed by atoms with Crippen LogP contribution >= 0.6 is 11.6 Å². The molecule has 0 N–H and O–H groups in total. The highest BCUT2D eigenvalue weighted by atomic mass is 35.5. The zero-order valence-corrected chi connectivity index (χ0v) is 16.4. The Bertz CT molecular complexity index is 1080. The minimum Gasteiger partial charge on any atom is -0.489 e. The van der Waals surface area contributed by atoms with Gasteiger partial charge in [-0.3, -0.25) is 0 Å². The molecule has 29 heavy (non-hydrogen) atoms. The van der Waals surface area contributed by atoms with Crippen LogP contribution in [0.4, 0.5) is 0 Å². The number of ether oxygens (including phenoxy) is 1. The molecule has 2 heterocycles. The summed E-state index contributed by atoms with van der Waals surface area (Å²) in [6.07, 6.45) is 10.1. The van der Waals surface area contributed by atoms with Crippen molar-refractivity contribution in [3.8, 4) is 11.4 Å². The van der Waals surface area contributed by atoms with E-state index in [-0.39, 0.29) is 6.10 Å². The Labute approximate surface area is 173 Å². The maximum Gasteiger partial charge on any atom is 0.423 e. The predicted octanol–water partition coefficient (Wildman–Crippen LogP) is 4.36. The molecule has 0 aliphatic carbocycles. The van der Waals surface area contributed by atoms with Crippen LogP contribution in [0.1, 0.15) is 12.0 Å². The molecule has 0 bridgehead atoms. The lowest BCUT2D eigenvalue weighted by molar-refractivity contribution is 0.170. The molecule has 2 aromatic carbocycles. The van der Waals surface area contributed by atoms with E-state index in [1.165, 1.54) is 16.4 Å². The van der Waals surface area contributed by atoms with Crippen LogP contribution in [0.15, 0.2) is 88.9 Å². The number of aromatic nitrogens is 3. The molecule has 2 aromatic heterocycles. The fourth-order valence-corrected chi connectivity index (χ4v) is 3.26. The van der Waals surface area contributed by atoms with Gasteiger partial charge in [0.05, 0.1) is 24.8 Å². The van der Waals surface area contributed by atoms with Crippen molar-refractivity contribution in [2.45, 2.75) is 25.5 Å². The van der Waals surface area contributed by atoms with Crippen LogP contribution in [0, 0.1) is 0 Å². The van der Waals surface area contributed by atoms with Gasteiger partial charge in [0.1, 0.15) is 18.1 Å². The number of oxazole rings is 1. The summed E-state index contributed by atoms with van der Waals surface area (Å²) in [5.41, 5.74) is 1.94. The highest BCUT2D eigenvalue weighted by Gasteiger charge is 2.13. The molecule has 4 aromatic rings. The molecule has 0 saturated heterocycles. The van der Waals surface area contributed by atoms with Gasteiger partial charge >= 0.3 is 5.76 Å². The standard InChI is InChI=1S/C22H20ClN3O3/c23-18-4-1-17(2-5-18)3-8-21(15-25-12-11-24-16-25)29-20-9-6-19(7-10-20)26-13-14-28-22(26)27/h1-2,4-7,9-14,16,21H,3,8,15H2. The Hall–Kier alpha value is -3.25. The molecule has 4 rings (SSSR count). The van der Waals surface area contributed by atoms with E-state index < -0.39 is 5.76 Å². The summed E-state index contributed by atoms with van der Waals surface area (Å²) >= 11 is 5.97. The molecule has 0 fully saturated rings. The smallest absolute Gasteiger partial charge is 0.423 e.